The van der Waals surface area contributed by atoms with Crippen LogP contribution in [-0.2, 0) is 19.1 Å². The van der Waals surface area contributed by atoms with Crippen LogP contribution in [-0.4, -0.2) is 43.7 Å². The van der Waals surface area contributed by atoms with Gasteiger partial charge in [0, 0.05) is 12.0 Å². The number of carbonyl (C=O) groups excluding carboxylic acids is 3. The minimum absolute atomic E-state index is 0.245. The van der Waals surface area contributed by atoms with Crippen molar-refractivity contribution >= 4 is 17.8 Å². The number of hydrogen-bond acceptors (Lipinski definition) is 6. The van der Waals surface area contributed by atoms with Crippen molar-refractivity contribution in [2.45, 2.75) is 19.4 Å². The van der Waals surface area contributed by atoms with Crippen molar-refractivity contribution in [1.29, 1.82) is 0 Å². The van der Waals surface area contributed by atoms with Gasteiger partial charge in [0.25, 0.3) is 5.91 Å². The number of ether oxygens (including phenoxy) is 3. The number of rotatable bonds is 6. The van der Waals surface area contributed by atoms with Crippen LogP contribution in [0.5, 0.6) is 5.75 Å². The zero-order chi connectivity index (χ0) is 15.9. The Bertz CT molecular complexity index is 554. The number of hydrogen-bond donors (Lipinski definition) is 1. The van der Waals surface area contributed by atoms with Crippen molar-refractivity contribution in [1.82, 2.24) is 5.32 Å². The van der Waals surface area contributed by atoms with Gasteiger partial charge >= 0.3 is 11.9 Å². The molecular weight excluding hydrogens is 290 g/mol. The fraction of sp³-hybridized carbons (Fsp3) is 0.400. The molecule has 0 bridgehead atoms. The molecule has 0 aliphatic carbocycles. The minimum Gasteiger partial charge on any atom is -0.494 e. The summed E-state index contributed by atoms with van der Waals surface area (Å²) in [6, 6.07) is 6.54. The molecule has 1 aromatic rings. The first-order chi connectivity index (χ1) is 10.6. The maximum atomic E-state index is 11.9. The summed E-state index contributed by atoms with van der Waals surface area (Å²) in [5.74, 6) is -0.971. The lowest BCUT2D eigenvalue weighted by molar-refractivity contribution is -0.159. The molecule has 22 heavy (non-hydrogen) atoms. The standard InChI is InChI=1S/C15H17NO6/c1-2-20-11-5-3-10(4-6-11)14(18)16-9-13(17)22-12-7-8-21-15(12)19/h3-6,12H,2,7-9H2,1H3,(H,16,18)/t12-/m0/s1. The summed E-state index contributed by atoms with van der Waals surface area (Å²) in [6.45, 7) is 2.35. The zero-order valence-corrected chi connectivity index (χ0v) is 12.2. The fourth-order valence-electron chi connectivity index (χ4n) is 1.91. The number of cyclic esters (lactones) is 1. The Kier molecular flexibility index (Phi) is 5.35. The SMILES string of the molecule is CCOc1ccc(C(=O)NCC(=O)O[C@H]2CCOC2=O)cc1. The van der Waals surface area contributed by atoms with Crippen LogP contribution in [0, 0.1) is 0 Å². The number of carbonyl (C=O) groups is 3. The largest absolute Gasteiger partial charge is 0.494 e. The lowest BCUT2D eigenvalue weighted by atomic mass is 10.2. The van der Waals surface area contributed by atoms with E-state index in [9.17, 15) is 14.4 Å². The summed E-state index contributed by atoms with van der Waals surface area (Å²) in [6.07, 6.45) is -0.521. The fourth-order valence-corrected chi connectivity index (χ4v) is 1.91. The molecule has 0 spiro atoms. The van der Waals surface area contributed by atoms with Crippen LogP contribution < -0.4 is 10.1 Å². The Balaban J connectivity index is 1.79. The van der Waals surface area contributed by atoms with Crippen molar-refractivity contribution in [3.05, 3.63) is 29.8 Å². The normalized spacial score (nSPS) is 16.8. The summed E-state index contributed by atoms with van der Waals surface area (Å²) in [5, 5.41) is 2.43. The molecule has 1 amide bonds. The Hall–Kier alpha value is -2.57. The topological polar surface area (TPSA) is 90.9 Å². The second kappa shape index (κ2) is 7.44. The van der Waals surface area contributed by atoms with E-state index in [4.69, 9.17) is 9.47 Å². The number of amides is 1. The smallest absolute Gasteiger partial charge is 0.347 e. The molecule has 1 atom stereocenters. The lowest BCUT2D eigenvalue weighted by Gasteiger charge is -2.09. The molecule has 1 saturated heterocycles. The molecule has 1 N–H and O–H groups in total. The Morgan fingerprint density at radius 1 is 1.32 bits per heavy atom. The van der Waals surface area contributed by atoms with Crippen molar-refractivity contribution in [2.24, 2.45) is 0 Å². The summed E-state index contributed by atoms with van der Waals surface area (Å²) in [7, 11) is 0. The third-order valence-corrected chi connectivity index (χ3v) is 2.98. The van der Waals surface area contributed by atoms with E-state index in [-0.39, 0.29) is 13.2 Å². The van der Waals surface area contributed by atoms with E-state index in [1.807, 2.05) is 6.92 Å². The highest BCUT2D eigenvalue weighted by atomic mass is 16.6. The third-order valence-electron chi connectivity index (χ3n) is 2.98. The molecule has 7 nitrogen and oxygen atoms in total. The molecule has 1 aliphatic heterocycles. The van der Waals surface area contributed by atoms with Gasteiger partial charge in [-0.05, 0) is 31.2 Å². The van der Waals surface area contributed by atoms with Crippen LogP contribution in [0.1, 0.15) is 23.7 Å². The van der Waals surface area contributed by atoms with Gasteiger partial charge in [-0.2, -0.15) is 0 Å². The minimum atomic E-state index is -0.866. The second-order valence-electron chi connectivity index (χ2n) is 4.57. The average molecular weight is 307 g/mol. The first-order valence-electron chi connectivity index (χ1n) is 6.97. The Labute approximate surface area is 127 Å². The van der Waals surface area contributed by atoms with Gasteiger partial charge in [0.2, 0.25) is 6.10 Å². The quantitative estimate of drug-likeness (QED) is 0.777. The van der Waals surface area contributed by atoms with Gasteiger partial charge in [-0.15, -0.1) is 0 Å². The predicted octanol–water partition coefficient (Wildman–Crippen LogP) is 0.674. The van der Waals surface area contributed by atoms with Crippen molar-refractivity contribution < 1.29 is 28.6 Å². The molecule has 7 heteroatoms. The highest BCUT2D eigenvalue weighted by Crippen LogP contribution is 2.12. The summed E-state index contributed by atoms with van der Waals surface area (Å²) >= 11 is 0. The van der Waals surface area contributed by atoms with Crippen LogP contribution in [0.4, 0.5) is 0 Å². The van der Waals surface area contributed by atoms with Gasteiger partial charge in [-0.3, -0.25) is 9.59 Å². The molecule has 0 radical (unpaired) electrons. The van der Waals surface area contributed by atoms with Gasteiger partial charge < -0.3 is 19.5 Å². The Morgan fingerprint density at radius 2 is 2.05 bits per heavy atom. The number of esters is 2. The van der Waals surface area contributed by atoms with Gasteiger partial charge in [-0.1, -0.05) is 0 Å². The monoisotopic (exact) mass is 307 g/mol. The highest BCUT2D eigenvalue weighted by Gasteiger charge is 2.30. The first kappa shape index (κ1) is 15.8. The van der Waals surface area contributed by atoms with Gasteiger partial charge in [-0.25, -0.2) is 4.79 Å². The lowest BCUT2D eigenvalue weighted by Crippen LogP contribution is -2.33. The summed E-state index contributed by atoms with van der Waals surface area (Å²) in [4.78, 5) is 34.6. The van der Waals surface area contributed by atoms with Crippen LogP contribution in [0.2, 0.25) is 0 Å². The third kappa shape index (κ3) is 4.21. The highest BCUT2D eigenvalue weighted by molar-refractivity contribution is 5.96. The summed E-state index contributed by atoms with van der Waals surface area (Å²) < 4.78 is 14.9. The molecule has 118 valence electrons. The van der Waals surface area contributed by atoms with E-state index >= 15 is 0 Å². The van der Waals surface area contributed by atoms with E-state index < -0.39 is 23.9 Å². The molecule has 1 fully saturated rings. The zero-order valence-electron chi connectivity index (χ0n) is 12.2. The maximum Gasteiger partial charge on any atom is 0.347 e. The first-order valence-corrected chi connectivity index (χ1v) is 6.97. The number of nitrogens with one attached hydrogen (secondary N) is 1. The van der Waals surface area contributed by atoms with E-state index in [2.05, 4.69) is 10.1 Å². The van der Waals surface area contributed by atoms with Gasteiger partial charge in [0.1, 0.15) is 12.3 Å². The van der Waals surface area contributed by atoms with E-state index in [0.29, 0.717) is 24.3 Å². The second-order valence-corrected chi connectivity index (χ2v) is 4.57. The van der Waals surface area contributed by atoms with Crippen LogP contribution in [0.15, 0.2) is 24.3 Å². The molecule has 0 saturated carbocycles. The van der Waals surface area contributed by atoms with Crippen LogP contribution in [0.3, 0.4) is 0 Å². The Morgan fingerprint density at radius 3 is 2.64 bits per heavy atom. The summed E-state index contributed by atoms with van der Waals surface area (Å²) in [5.41, 5.74) is 0.400. The molecular formula is C15H17NO6. The van der Waals surface area contributed by atoms with Crippen molar-refractivity contribution in [3.63, 3.8) is 0 Å². The van der Waals surface area contributed by atoms with Crippen molar-refractivity contribution in [2.75, 3.05) is 19.8 Å². The van der Waals surface area contributed by atoms with E-state index in [0.717, 1.165) is 0 Å². The van der Waals surface area contributed by atoms with Crippen LogP contribution in [0.25, 0.3) is 0 Å². The maximum absolute atomic E-state index is 11.9. The molecule has 1 aromatic carbocycles. The van der Waals surface area contributed by atoms with Crippen LogP contribution >= 0.6 is 0 Å². The van der Waals surface area contributed by atoms with E-state index in [1.54, 1.807) is 24.3 Å². The average Bonchev–Trinajstić information content (AvgIpc) is 2.91. The molecule has 0 unspecified atom stereocenters. The van der Waals surface area contributed by atoms with E-state index in [1.165, 1.54) is 0 Å². The molecule has 1 heterocycles. The van der Waals surface area contributed by atoms with Crippen molar-refractivity contribution in [3.8, 4) is 5.75 Å². The van der Waals surface area contributed by atoms with Gasteiger partial charge in [0.15, 0.2) is 0 Å². The predicted molar refractivity (Wildman–Crippen MR) is 75.4 cm³/mol. The molecule has 0 aromatic heterocycles. The number of benzene rings is 1. The molecule has 1 aliphatic rings. The van der Waals surface area contributed by atoms with Gasteiger partial charge in [0.05, 0.1) is 13.2 Å². The molecule has 2 rings (SSSR count).